The number of hydrogen-bond acceptors (Lipinski definition) is 4. The molecule has 3 aromatic rings. The molecule has 0 atom stereocenters. The number of hydrogen-bond donors (Lipinski definition) is 2. The lowest BCUT2D eigenvalue weighted by atomic mass is 9.96. The lowest BCUT2D eigenvalue weighted by Gasteiger charge is -2.16. The zero-order valence-electron chi connectivity index (χ0n) is 14.1. The Morgan fingerprint density at radius 2 is 1.50 bits per heavy atom. The molecule has 0 aliphatic rings. The van der Waals surface area contributed by atoms with E-state index in [0.717, 1.165) is 0 Å². The molecule has 0 saturated heterocycles. The number of phenols is 1. The molecule has 3 aromatic carbocycles. The van der Waals surface area contributed by atoms with Gasteiger partial charge >= 0.3 is 5.97 Å². The van der Waals surface area contributed by atoms with E-state index in [1.807, 2.05) is 24.3 Å². The standard InChI is InChI=1S/C21H17NO4/c1-26-21(25)19-17(23)13-12-16(18(19)14-8-4-2-5-9-14)22-20(24)15-10-6-3-7-11-15/h2-13,23H,1H3,(H,22,24). The van der Waals surface area contributed by atoms with Gasteiger partial charge in [-0.1, -0.05) is 48.5 Å². The third-order valence-electron chi connectivity index (χ3n) is 3.92. The van der Waals surface area contributed by atoms with E-state index in [1.165, 1.54) is 13.2 Å². The van der Waals surface area contributed by atoms with Gasteiger partial charge in [-0.15, -0.1) is 0 Å². The van der Waals surface area contributed by atoms with Crippen LogP contribution in [0.1, 0.15) is 20.7 Å². The maximum absolute atomic E-state index is 12.5. The number of methoxy groups -OCH3 is 1. The van der Waals surface area contributed by atoms with Crippen molar-refractivity contribution in [1.82, 2.24) is 0 Å². The molecule has 0 fully saturated rings. The molecule has 0 aromatic heterocycles. The summed E-state index contributed by atoms with van der Waals surface area (Å²) in [5, 5.41) is 13.0. The molecule has 0 radical (unpaired) electrons. The van der Waals surface area contributed by atoms with E-state index < -0.39 is 5.97 Å². The highest BCUT2D eigenvalue weighted by Crippen LogP contribution is 2.37. The second kappa shape index (κ2) is 7.53. The molecule has 5 heteroatoms. The van der Waals surface area contributed by atoms with Crippen molar-refractivity contribution in [1.29, 1.82) is 0 Å². The van der Waals surface area contributed by atoms with Crippen LogP contribution in [0.15, 0.2) is 72.8 Å². The van der Waals surface area contributed by atoms with Crippen LogP contribution in [-0.2, 0) is 4.74 Å². The summed E-state index contributed by atoms with van der Waals surface area (Å²) in [4.78, 5) is 24.8. The van der Waals surface area contributed by atoms with Gasteiger partial charge < -0.3 is 15.2 Å². The highest BCUT2D eigenvalue weighted by Gasteiger charge is 2.22. The second-order valence-electron chi connectivity index (χ2n) is 5.56. The summed E-state index contributed by atoms with van der Waals surface area (Å²) in [6.07, 6.45) is 0. The smallest absolute Gasteiger partial charge is 0.342 e. The molecule has 3 rings (SSSR count). The number of rotatable bonds is 4. The summed E-state index contributed by atoms with van der Waals surface area (Å²) in [5.74, 6) is -1.21. The van der Waals surface area contributed by atoms with Crippen LogP contribution >= 0.6 is 0 Å². The summed E-state index contributed by atoms with van der Waals surface area (Å²) in [6.45, 7) is 0. The minimum Gasteiger partial charge on any atom is -0.507 e. The fourth-order valence-corrected chi connectivity index (χ4v) is 2.69. The van der Waals surface area contributed by atoms with Gasteiger partial charge in [0.15, 0.2) is 0 Å². The molecule has 0 unspecified atom stereocenters. The predicted molar refractivity (Wildman–Crippen MR) is 99.3 cm³/mol. The molecule has 0 aliphatic heterocycles. The Morgan fingerprint density at radius 1 is 0.885 bits per heavy atom. The van der Waals surface area contributed by atoms with E-state index in [2.05, 4.69) is 5.32 Å². The second-order valence-corrected chi connectivity index (χ2v) is 5.56. The number of ether oxygens (including phenoxy) is 1. The molecule has 0 heterocycles. The molecule has 26 heavy (non-hydrogen) atoms. The van der Waals surface area contributed by atoms with E-state index in [4.69, 9.17) is 4.74 Å². The molecule has 0 bridgehead atoms. The molecule has 1 amide bonds. The first-order chi connectivity index (χ1) is 12.6. The van der Waals surface area contributed by atoms with E-state index in [1.54, 1.807) is 42.5 Å². The number of phenolic OH excluding ortho intramolecular Hbond substituents is 1. The molecule has 0 spiro atoms. The zero-order chi connectivity index (χ0) is 18.5. The molecule has 2 N–H and O–H groups in total. The number of nitrogens with one attached hydrogen (secondary N) is 1. The van der Waals surface area contributed by atoms with Crippen LogP contribution in [0.2, 0.25) is 0 Å². The van der Waals surface area contributed by atoms with Crippen LogP contribution in [-0.4, -0.2) is 24.1 Å². The average molecular weight is 347 g/mol. The lowest BCUT2D eigenvalue weighted by molar-refractivity contribution is 0.0598. The third kappa shape index (κ3) is 3.42. The maximum atomic E-state index is 12.5. The first-order valence-corrected chi connectivity index (χ1v) is 7.98. The van der Waals surface area contributed by atoms with Gasteiger partial charge in [0, 0.05) is 11.1 Å². The van der Waals surface area contributed by atoms with Crippen molar-refractivity contribution in [3.63, 3.8) is 0 Å². The Morgan fingerprint density at radius 3 is 2.12 bits per heavy atom. The molecule has 130 valence electrons. The van der Waals surface area contributed by atoms with Crippen molar-refractivity contribution in [3.8, 4) is 16.9 Å². The maximum Gasteiger partial charge on any atom is 0.342 e. The normalized spacial score (nSPS) is 10.2. The van der Waals surface area contributed by atoms with Crippen LogP contribution in [0.4, 0.5) is 5.69 Å². The first kappa shape index (κ1) is 17.2. The Hall–Kier alpha value is -3.60. The van der Waals surface area contributed by atoms with Crippen molar-refractivity contribution >= 4 is 17.6 Å². The lowest BCUT2D eigenvalue weighted by Crippen LogP contribution is -2.14. The van der Waals surface area contributed by atoms with Gasteiger partial charge in [-0.25, -0.2) is 4.79 Å². The quantitative estimate of drug-likeness (QED) is 0.550. The van der Waals surface area contributed by atoms with Gasteiger partial charge in [0.25, 0.3) is 5.91 Å². The van der Waals surface area contributed by atoms with Crippen LogP contribution in [0, 0.1) is 0 Å². The van der Waals surface area contributed by atoms with Gasteiger partial charge in [0.1, 0.15) is 11.3 Å². The fraction of sp³-hybridized carbons (Fsp3) is 0.0476. The van der Waals surface area contributed by atoms with E-state index in [-0.39, 0.29) is 17.2 Å². The minimum atomic E-state index is -0.683. The van der Waals surface area contributed by atoms with Gasteiger partial charge in [-0.2, -0.15) is 0 Å². The van der Waals surface area contributed by atoms with Crippen molar-refractivity contribution < 1.29 is 19.4 Å². The third-order valence-corrected chi connectivity index (χ3v) is 3.92. The monoisotopic (exact) mass is 347 g/mol. The summed E-state index contributed by atoms with van der Waals surface area (Å²) in [6, 6.07) is 20.7. The van der Waals surface area contributed by atoms with Crippen LogP contribution < -0.4 is 5.32 Å². The zero-order valence-corrected chi connectivity index (χ0v) is 14.1. The molecule has 0 aliphatic carbocycles. The van der Waals surface area contributed by atoms with Crippen LogP contribution in [0.25, 0.3) is 11.1 Å². The number of aromatic hydroxyl groups is 1. The number of carbonyl (C=O) groups excluding carboxylic acids is 2. The van der Waals surface area contributed by atoms with Crippen molar-refractivity contribution in [3.05, 3.63) is 83.9 Å². The van der Waals surface area contributed by atoms with Gasteiger partial charge in [0.05, 0.1) is 12.8 Å². The van der Waals surface area contributed by atoms with Crippen molar-refractivity contribution in [2.75, 3.05) is 12.4 Å². The largest absolute Gasteiger partial charge is 0.507 e. The predicted octanol–water partition coefficient (Wildman–Crippen LogP) is 4.10. The molecular formula is C21H17NO4. The topological polar surface area (TPSA) is 75.6 Å². The van der Waals surface area contributed by atoms with Gasteiger partial charge in [0.2, 0.25) is 0 Å². The summed E-state index contributed by atoms with van der Waals surface area (Å²) < 4.78 is 4.81. The van der Waals surface area contributed by atoms with Crippen molar-refractivity contribution in [2.45, 2.75) is 0 Å². The average Bonchev–Trinajstić information content (AvgIpc) is 2.69. The Balaban J connectivity index is 2.13. The fourth-order valence-electron chi connectivity index (χ4n) is 2.69. The van der Waals surface area contributed by atoms with Crippen molar-refractivity contribution in [2.24, 2.45) is 0 Å². The van der Waals surface area contributed by atoms with Gasteiger partial charge in [-0.05, 0) is 29.8 Å². The molecule has 0 saturated carbocycles. The highest BCUT2D eigenvalue weighted by molar-refractivity contribution is 6.10. The number of anilines is 1. The Bertz CT molecular complexity index is 937. The Kier molecular flexibility index (Phi) is 4.99. The van der Waals surface area contributed by atoms with Crippen LogP contribution in [0.5, 0.6) is 5.75 Å². The number of esters is 1. The first-order valence-electron chi connectivity index (χ1n) is 7.98. The van der Waals surface area contributed by atoms with Gasteiger partial charge in [-0.3, -0.25) is 4.79 Å². The highest BCUT2D eigenvalue weighted by atomic mass is 16.5. The summed E-state index contributed by atoms with van der Waals surface area (Å²) in [5.41, 5.74) is 1.97. The Labute approximate surface area is 150 Å². The van der Waals surface area contributed by atoms with E-state index in [0.29, 0.717) is 22.4 Å². The molecular weight excluding hydrogens is 330 g/mol. The molecule has 5 nitrogen and oxygen atoms in total. The SMILES string of the molecule is COC(=O)c1c(O)ccc(NC(=O)c2ccccc2)c1-c1ccccc1. The number of carbonyl (C=O) groups is 2. The number of amides is 1. The number of benzene rings is 3. The van der Waals surface area contributed by atoms with E-state index in [9.17, 15) is 14.7 Å². The van der Waals surface area contributed by atoms with Crippen LogP contribution in [0.3, 0.4) is 0 Å². The summed E-state index contributed by atoms with van der Waals surface area (Å²) >= 11 is 0. The summed E-state index contributed by atoms with van der Waals surface area (Å²) in [7, 11) is 1.24. The van der Waals surface area contributed by atoms with E-state index >= 15 is 0 Å². The minimum absolute atomic E-state index is 0.00422.